The lowest BCUT2D eigenvalue weighted by molar-refractivity contribution is 0.224. The lowest BCUT2D eigenvalue weighted by atomic mass is 9.70. The Morgan fingerprint density at radius 3 is 2.32 bits per heavy atom. The summed E-state index contributed by atoms with van der Waals surface area (Å²) < 4.78 is 0. The standard InChI is InChI=1S/C18H27N/c1-17(2)9-7-14(8-10-17)16-6-4-3-5-15(16)13-18(19)11-12-18/h3-6,14H,7-13,19H2,1-2H3. The van der Waals surface area contributed by atoms with Gasteiger partial charge in [-0.3, -0.25) is 0 Å². The molecule has 3 rings (SSSR count). The van der Waals surface area contributed by atoms with Crippen LogP contribution in [-0.4, -0.2) is 5.54 Å². The van der Waals surface area contributed by atoms with Crippen molar-refractivity contribution in [3.8, 4) is 0 Å². The molecule has 0 aromatic heterocycles. The molecule has 1 aromatic carbocycles. The van der Waals surface area contributed by atoms with E-state index in [2.05, 4.69) is 38.1 Å². The van der Waals surface area contributed by atoms with Crippen LogP contribution in [0.25, 0.3) is 0 Å². The van der Waals surface area contributed by atoms with E-state index in [1.165, 1.54) is 44.1 Å². The lowest BCUT2D eigenvalue weighted by Gasteiger charge is -2.35. The SMILES string of the molecule is CC1(C)CCC(c2ccccc2CC2(N)CC2)CC1. The van der Waals surface area contributed by atoms with E-state index in [1.807, 2.05) is 0 Å². The van der Waals surface area contributed by atoms with Gasteiger partial charge in [0.1, 0.15) is 0 Å². The van der Waals surface area contributed by atoms with Crippen LogP contribution in [0.1, 0.15) is 69.4 Å². The summed E-state index contributed by atoms with van der Waals surface area (Å²) >= 11 is 0. The molecule has 0 heterocycles. The molecule has 2 aliphatic rings. The molecule has 0 spiro atoms. The maximum atomic E-state index is 6.32. The number of hydrogen-bond donors (Lipinski definition) is 1. The van der Waals surface area contributed by atoms with Gasteiger partial charge in [0.2, 0.25) is 0 Å². The Labute approximate surface area is 117 Å². The van der Waals surface area contributed by atoms with Gasteiger partial charge in [-0.05, 0) is 67.4 Å². The summed E-state index contributed by atoms with van der Waals surface area (Å²) in [7, 11) is 0. The van der Waals surface area contributed by atoms with Crippen LogP contribution in [0.4, 0.5) is 0 Å². The minimum absolute atomic E-state index is 0.129. The molecule has 2 fully saturated rings. The van der Waals surface area contributed by atoms with Crippen molar-refractivity contribution in [3.63, 3.8) is 0 Å². The first-order valence-electron chi connectivity index (χ1n) is 7.84. The molecule has 0 unspecified atom stereocenters. The molecule has 0 radical (unpaired) electrons. The van der Waals surface area contributed by atoms with Crippen LogP contribution in [0.15, 0.2) is 24.3 Å². The van der Waals surface area contributed by atoms with Crippen LogP contribution in [0.5, 0.6) is 0 Å². The number of rotatable bonds is 3. The van der Waals surface area contributed by atoms with Gasteiger partial charge in [0.25, 0.3) is 0 Å². The van der Waals surface area contributed by atoms with E-state index in [0.717, 1.165) is 12.3 Å². The molecule has 2 aliphatic carbocycles. The van der Waals surface area contributed by atoms with Crippen molar-refractivity contribution in [2.45, 2.75) is 70.3 Å². The Morgan fingerprint density at radius 1 is 1.05 bits per heavy atom. The van der Waals surface area contributed by atoms with Gasteiger partial charge in [-0.15, -0.1) is 0 Å². The molecule has 2 N–H and O–H groups in total. The van der Waals surface area contributed by atoms with Crippen molar-refractivity contribution >= 4 is 0 Å². The van der Waals surface area contributed by atoms with Crippen molar-refractivity contribution in [3.05, 3.63) is 35.4 Å². The summed E-state index contributed by atoms with van der Waals surface area (Å²) in [5.74, 6) is 0.770. The second-order valence-corrected chi connectivity index (χ2v) is 7.68. The van der Waals surface area contributed by atoms with E-state index in [0.29, 0.717) is 5.41 Å². The maximum absolute atomic E-state index is 6.32. The summed E-state index contributed by atoms with van der Waals surface area (Å²) in [4.78, 5) is 0. The summed E-state index contributed by atoms with van der Waals surface area (Å²) in [6.45, 7) is 4.82. The van der Waals surface area contributed by atoms with Crippen LogP contribution in [0, 0.1) is 5.41 Å². The smallest absolute Gasteiger partial charge is 0.0196 e. The van der Waals surface area contributed by atoms with Gasteiger partial charge in [-0.1, -0.05) is 38.1 Å². The zero-order valence-electron chi connectivity index (χ0n) is 12.4. The molecule has 1 heteroatoms. The largest absolute Gasteiger partial charge is 0.325 e. The van der Waals surface area contributed by atoms with Gasteiger partial charge in [0.05, 0.1) is 0 Å². The monoisotopic (exact) mass is 257 g/mol. The summed E-state index contributed by atoms with van der Waals surface area (Å²) in [6.07, 6.45) is 8.92. The fourth-order valence-electron chi connectivity index (χ4n) is 3.52. The van der Waals surface area contributed by atoms with E-state index in [1.54, 1.807) is 5.56 Å². The quantitative estimate of drug-likeness (QED) is 0.853. The third-order valence-corrected chi connectivity index (χ3v) is 5.27. The van der Waals surface area contributed by atoms with Crippen LogP contribution >= 0.6 is 0 Å². The van der Waals surface area contributed by atoms with E-state index < -0.39 is 0 Å². The average Bonchev–Trinajstić information content (AvgIpc) is 3.08. The molecule has 1 aromatic rings. The molecule has 0 bridgehead atoms. The van der Waals surface area contributed by atoms with Gasteiger partial charge in [0.15, 0.2) is 0 Å². The van der Waals surface area contributed by atoms with E-state index in [4.69, 9.17) is 5.73 Å². The lowest BCUT2D eigenvalue weighted by Crippen LogP contribution is -2.26. The number of hydrogen-bond acceptors (Lipinski definition) is 1. The highest BCUT2D eigenvalue weighted by Gasteiger charge is 2.39. The molecule has 0 atom stereocenters. The van der Waals surface area contributed by atoms with Crippen LogP contribution < -0.4 is 5.73 Å². The second kappa shape index (κ2) is 4.63. The van der Waals surface area contributed by atoms with Gasteiger partial charge < -0.3 is 5.73 Å². The van der Waals surface area contributed by atoms with Crippen LogP contribution in [-0.2, 0) is 6.42 Å². The predicted molar refractivity (Wildman–Crippen MR) is 81.3 cm³/mol. The fraction of sp³-hybridized carbons (Fsp3) is 0.667. The summed E-state index contributed by atoms with van der Waals surface area (Å²) in [5, 5.41) is 0. The van der Waals surface area contributed by atoms with E-state index in [-0.39, 0.29) is 5.54 Å². The molecule has 2 saturated carbocycles. The van der Waals surface area contributed by atoms with Crippen molar-refractivity contribution in [1.82, 2.24) is 0 Å². The fourth-order valence-corrected chi connectivity index (χ4v) is 3.52. The molecule has 0 saturated heterocycles. The molecule has 1 nitrogen and oxygen atoms in total. The molecular formula is C18H27N. The van der Waals surface area contributed by atoms with E-state index in [9.17, 15) is 0 Å². The van der Waals surface area contributed by atoms with Gasteiger partial charge in [0, 0.05) is 5.54 Å². The van der Waals surface area contributed by atoms with Crippen molar-refractivity contribution in [2.24, 2.45) is 11.1 Å². The molecule has 104 valence electrons. The Hall–Kier alpha value is -0.820. The first-order chi connectivity index (χ1) is 8.98. The zero-order valence-corrected chi connectivity index (χ0v) is 12.4. The predicted octanol–water partition coefficient (Wildman–Crippen LogP) is 4.40. The minimum Gasteiger partial charge on any atom is -0.325 e. The molecule has 0 amide bonds. The molecule has 0 aliphatic heterocycles. The Kier molecular flexibility index (Phi) is 3.21. The normalized spacial score (nSPS) is 25.2. The van der Waals surface area contributed by atoms with Crippen molar-refractivity contribution in [1.29, 1.82) is 0 Å². The Bertz CT molecular complexity index is 447. The second-order valence-electron chi connectivity index (χ2n) is 7.68. The highest BCUT2D eigenvalue weighted by Crippen LogP contribution is 2.44. The van der Waals surface area contributed by atoms with Gasteiger partial charge >= 0.3 is 0 Å². The summed E-state index contributed by atoms with van der Waals surface area (Å²) in [6, 6.07) is 9.04. The topological polar surface area (TPSA) is 26.0 Å². The zero-order chi connectivity index (χ0) is 13.5. The highest BCUT2D eigenvalue weighted by atomic mass is 14.8. The van der Waals surface area contributed by atoms with Crippen LogP contribution in [0.3, 0.4) is 0 Å². The minimum atomic E-state index is 0.129. The average molecular weight is 257 g/mol. The number of benzene rings is 1. The number of nitrogens with two attached hydrogens (primary N) is 1. The molecule has 19 heavy (non-hydrogen) atoms. The van der Waals surface area contributed by atoms with Crippen molar-refractivity contribution in [2.75, 3.05) is 0 Å². The first-order valence-corrected chi connectivity index (χ1v) is 7.84. The highest BCUT2D eigenvalue weighted by molar-refractivity contribution is 5.33. The third kappa shape index (κ3) is 3.02. The Balaban J connectivity index is 1.77. The first kappa shape index (κ1) is 13.2. The van der Waals surface area contributed by atoms with Crippen LogP contribution in [0.2, 0.25) is 0 Å². The van der Waals surface area contributed by atoms with Crippen molar-refractivity contribution < 1.29 is 0 Å². The van der Waals surface area contributed by atoms with Gasteiger partial charge in [-0.2, -0.15) is 0 Å². The third-order valence-electron chi connectivity index (χ3n) is 5.27. The molecular weight excluding hydrogens is 230 g/mol. The Morgan fingerprint density at radius 2 is 1.68 bits per heavy atom. The van der Waals surface area contributed by atoms with E-state index >= 15 is 0 Å². The summed E-state index contributed by atoms with van der Waals surface area (Å²) in [5.41, 5.74) is 10.1. The maximum Gasteiger partial charge on any atom is 0.0196 e. The van der Waals surface area contributed by atoms with Gasteiger partial charge in [-0.25, -0.2) is 0 Å².